The van der Waals surface area contributed by atoms with Crippen molar-refractivity contribution in [2.45, 2.75) is 25.7 Å². The lowest BCUT2D eigenvalue weighted by atomic mass is 10.0. The largest absolute Gasteiger partial charge is 0.361 e. The summed E-state index contributed by atoms with van der Waals surface area (Å²) in [6.07, 6.45) is 4.26. The third-order valence-electron chi connectivity index (χ3n) is 4.09. The number of aromatic nitrogens is 2. The van der Waals surface area contributed by atoms with Gasteiger partial charge in [0.05, 0.1) is 17.0 Å². The number of ketones is 1. The number of amides is 1. The number of carbonyl (C=O) groups is 2. The minimum Gasteiger partial charge on any atom is -0.361 e. The molecule has 5 nitrogen and oxygen atoms in total. The fraction of sp³-hybridized carbons (Fsp3) is 0.235. The number of thiazole rings is 1. The van der Waals surface area contributed by atoms with Crippen LogP contribution in [-0.4, -0.2) is 21.7 Å². The number of H-pyrrole nitrogens is 1. The van der Waals surface area contributed by atoms with Gasteiger partial charge in [0.2, 0.25) is 5.91 Å². The summed E-state index contributed by atoms with van der Waals surface area (Å²) in [5.74, 6) is -0.0212. The molecule has 0 spiro atoms. The molecule has 122 valence electrons. The van der Waals surface area contributed by atoms with Gasteiger partial charge < -0.3 is 10.3 Å². The summed E-state index contributed by atoms with van der Waals surface area (Å²) in [5, 5.41) is 4.94. The van der Waals surface area contributed by atoms with Gasteiger partial charge in [-0.3, -0.25) is 9.59 Å². The monoisotopic (exact) mass is 359 g/mol. The number of nitrogens with one attached hydrogen (secondary N) is 2. The standard InChI is InChI=1S/C17H14ClN3O2S/c18-10-4-5-11-9(8-19-13(11)7-10)6-15(23)21-17-20-12-2-1-3-14(22)16(12)24-17/h4-5,7-8,19H,1-3,6H2,(H,20,21,23). The molecule has 0 unspecified atom stereocenters. The predicted octanol–water partition coefficient (Wildman–Crippen LogP) is 3.98. The summed E-state index contributed by atoms with van der Waals surface area (Å²) in [7, 11) is 0. The van der Waals surface area contributed by atoms with Gasteiger partial charge in [-0.2, -0.15) is 0 Å². The Bertz CT molecular complexity index is 960. The van der Waals surface area contributed by atoms with Gasteiger partial charge in [-0.05, 0) is 30.5 Å². The Morgan fingerprint density at radius 3 is 3.08 bits per heavy atom. The van der Waals surface area contributed by atoms with E-state index in [1.54, 1.807) is 6.07 Å². The first-order valence-electron chi connectivity index (χ1n) is 7.68. The second-order valence-corrected chi connectivity index (χ2v) is 7.24. The van der Waals surface area contributed by atoms with Crippen LogP contribution in [0.2, 0.25) is 5.02 Å². The molecular formula is C17H14ClN3O2S. The molecule has 2 aromatic heterocycles. The van der Waals surface area contributed by atoms with Gasteiger partial charge in [-0.25, -0.2) is 4.98 Å². The fourth-order valence-corrected chi connectivity index (χ4v) is 4.13. The molecule has 24 heavy (non-hydrogen) atoms. The first-order valence-corrected chi connectivity index (χ1v) is 8.88. The topological polar surface area (TPSA) is 74.8 Å². The minimum absolute atomic E-state index is 0.128. The molecule has 2 heterocycles. The van der Waals surface area contributed by atoms with Crippen LogP contribution in [0.3, 0.4) is 0 Å². The highest BCUT2D eigenvalue weighted by molar-refractivity contribution is 7.17. The van der Waals surface area contributed by atoms with E-state index in [4.69, 9.17) is 11.6 Å². The van der Waals surface area contributed by atoms with E-state index in [0.29, 0.717) is 21.5 Å². The summed E-state index contributed by atoms with van der Waals surface area (Å²) < 4.78 is 0. The highest BCUT2D eigenvalue weighted by Crippen LogP contribution is 2.30. The van der Waals surface area contributed by atoms with Crippen molar-refractivity contribution in [2.24, 2.45) is 0 Å². The smallest absolute Gasteiger partial charge is 0.230 e. The van der Waals surface area contributed by atoms with Crippen LogP contribution in [0.25, 0.3) is 10.9 Å². The molecule has 2 N–H and O–H groups in total. The minimum atomic E-state index is -0.149. The number of rotatable bonds is 3. The normalized spacial score (nSPS) is 14.0. The molecular weight excluding hydrogens is 346 g/mol. The van der Waals surface area contributed by atoms with E-state index in [-0.39, 0.29) is 18.1 Å². The highest BCUT2D eigenvalue weighted by atomic mass is 35.5. The number of aromatic amines is 1. The lowest BCUT2D eigenvalue weighted by Crippen LogP contribution is -2.14. The number of Topliss-reactive ketones (excluding diaryl/α,β-unsaturated/α-hetero) is 1. The van der Waals surface area contributed by atoms with Crippen molar-refractivity contribution in [1.29, 1.82) is 0 Å². The van der Waals surface area contributed by atoms with Crippen molar-refractivity contribution >= 4 is 50.7 Å². The van der Waals surface area contributed by atoms with Crippen molar-refractivity contribution < 1.29 is 9.59 Å². The molecule has 3 aromatic rings. The maximum absolute atomic E-state index is 12.3. The second-order valence-electron chi connectivity index (χ2n) is 5.80. The third kappa shape index (κ3) is 2.83. The lowest BCUT2D eigenvalue weighted by Gasteiger charge is -2.05. The Hall–Kier alpha value is -2.18. The molecule has 0 aliphatic heterocycles. The first kappa shape index (κ1) is 15.4. The Kier molecular flexibility index (Phi) is 3.86. The number of halogens is 1. The Balaban J connectivity index is 1.51. The summed E-state index contributed by atoms with van der Waals surface area (Å²) >= 11 is 7.24. The van der Waals surface area contributed by atoms with E-state index < -0.39 is 0 Å². The van der Waals surface area contributed by atoms with Gasteiger partial charge in [0.25, 0.3) is 0 Å². The van der Waals surface area contributed by atoms with E-state index in [9.17, 15) is 9.59 Å². The first-order chi connectivity index (χ1) is 11.6. The summed E-state index contributed by atoms with van der Waals surface area (Å²) in [6, 6.07) is 5.54. The third-order valence-corrected chi connectivity index (χ3v) is 5.38. The molecule has 7 heteroatoms. The zero-order valence-corrected chi connectivity index (χ0v) is 14.3. The molecule has 0 atom stereocenters. The van der Waals surface area contributed by atoms with E-state index >= 15 is 0 Å². The molecule has 0 saturated heterocycles. The van der Waals surface area contributed by atoms with E-state index in [0.717, 1.165) is 35.0 Å². The van der Waals surface area contributed by atoms with Crippen molar-refractivity contribution in [3.63, 3.8) is 0 Å². The van der Waals surface area contributed by atoms with Crippen LogP contribution in [0.4, 0.5) is 5.13 Å². The number of benzene rings is 1. The van der Waals surface area contributed by atoms with Gasteiger partial charge in [-0.1, -0.05) is 29.0 Å². The molecule has 1 aliphatic rings. The van der Waals surface area contributed by atoms with Crippen molar-refractivity contribution in [3.8, 4) is 0 Å². The maximum atomic E-state index is 12.3. The summed E-state index contributed by atoms with van der Waals surface area (Å²) in [5.41, 5.74) is 2.62. The summed E-state index contributed by atoms with van der Waals surface area (Å²) in [6.45, 7) is 0. The quantitative estimate of drug-likeness (QED) is 0.742. The van der Waals surface area contributed by atoms with Crippen molar-refractivity contribution in [2.75, 3.05) is 5.32 Å². The molecule has 0 bridgehead atoms. The van der Waals surface area contributed by atoms with E-state index in [1.165, 1.54) is 11.3 Å². The number of hydrogen-bond donors (Lipinski definition) is 2. The molecule has 4 rings (SSSR count). The van der Waals surface area contributed by atoms with Gasteiger partial charge in [0.15, 0.2) is 10.9 Å². The van der Waals surface area contributed by atoms with E-state index in [2.05, 4.69) is 15.3 Å². The number of hydrogen-bond acceptors (Lipinski definition) is 4. The van der Waals surface area contributed by atoms with Gasteiger partial charge in [0.1, 0.15) is 0 Å². The van der Waals surface area contributed by atoms with Crippen LogP contribution in [0, 0.1) is 0 Å². The SMILES string of the molecule is O=C(Cc1c[nH]c2cc(Cl)ccc12)Nc1nc2c(s1)C(=O)CCC2. The maximum Gasteiger partial charge on any atom is 0.230 e. The lowest BCUT2D eigenvalue weighted by molar-refractivity contribution is -0.115. The average molecular weight is 360 g/mol. The van der Waals surface area contributed by atoms with Crippen LogP contribution in [0.15, 0.2) is 24.4 Å². The van der Waals surface area contributed by atoms with Crippen LogP contribution in [-0.2, 0) is 17.6 Å². The number of carbonyl (C=O) groups excluding carboxylic acids is 2. The zero-order valence-electron chi connectivity index (χ0n) is 12.7. The molecule has 1 aliphatic carbocycles. The van der Waals surface area contributed by atoms with Crippen LogP contribution < -0.4 is 5.32 Å². The number of anilines is 1. The van der Waals surface area contributed by atoms with Crippen molar-refractivity contribution in [3.05, 3.63) is 45.6 Å². The number of aryl methyl sites for hydroxylation is 1. The number of fused-ring (bicyclic) bond motifs is 2. The molecule has 0 fully saturated rings. The van der Waals surface area contributed by atoms with E-state index in [1.807, 2.05) is 18.3 Å². The van der Waals surface area contributed by atoms with Crippen LogP contribution in [0.1, 0.15) is 33.8 Å². The van der Waals surface area contributed by atoms with Gasteiger partial charge in [-0.15, -0.1) is 0 Å². The Morgan fingerprint density at radius 1 is 1.38 bits per heavy atom. The van der Waals surface area contributed by atoms with Crippen molar-refractivity contribution in [1.82, 2.24) is 9.97 Å². The van der Waals surface area contributed by atoms with Crippen LogP contribution >= 0.6 is 22.9 Å². The van der Waals surface area contributed by atoms with Gasteiger partial charge in [0, 0.05) is 28.5 Å². The molecule has 1 amide bonds. The Labute approximate surface area is 147 Å². The number of nitrogens with zero attached hydrogens (tertiary/aromatic N) is 1. The fourth-order valence-electron chi connectivity index (χ4n) is 2.96. The Morgan fingerprint density at radius 2 is 2.25 bits per heavy atom. The molecule has 0 saturated carbocycles. The van der Waals surface area contributed by atoms with Crippen LogP contribution in [0.5, 0.6) is 0 Å². The molecule has 1 aromatic carbocycles. The molecule has 0 radical (unpaired) electrons. The second kappa shape index (κ2) is 6.03. The highest BCUT2D eigenvalue weighted by Gasteiger charge is 2.22. The zero-order chi connectivity index (χ0) is 16.7. The average Bonchev–Trinajstić information content (AvgIpc) is 3.12. The summed E-state index contributed by atoms with van der Waals surface area (Å²) in [4.78, 5) is 32.4. The van der Waals surface area contributed by atoms with Gasteiger partial charge >= 0.3 is 0 Å². The predicted molar refractivity (Wildman–Crippen MR) is 95.0 cm³/mol.